The van der Waals surface area contributed by atoms with Crippen LogP contribution in [-0.4, -0.2) is 5.97 Å². The number of benzene rings is 1. The molecule has 0 bridgehead atoms. The minimum Gasteiger partial charge on any atom is -0.426 e. The van der Waals surface area contributed by atoms with E-state index in [-0.39, 0.29) is 11.6 Å². The lowest BCUT2D eigenvalue weighted by atomic mass is 9.97. The van der Waals surface area contributed by atoms with Crippen molar-refractivity contribution >= 4 is 16.9 Å². The second-order valence-corrected chi connectivity index (χ2v) is 4.78. The van der Waals surface area contributed by atoms with Crippen LogP contribution in [0.2, 0.25) is 0 Å². The normalized spacial score (nSPS) is 14.3. The Kier molecular flexibility index (Phi) is 2.66. The van der Waals surface area contributed by atoms with Gasteiger partial charge in [-0.05, 0) is 37.0 Å². The van der Waals surface area contributed by atoms with Gasteiger partial charge in [0.1, 0.15) is 11.3 Å². The van der Waals surface area contributed by atoms with Gasteiger partial charge in [-0.3, -0.25) is 4.79 Å². The lowest BCUT2D eigenvalue weighted by Crippen LogP contribution is -2.17. The lowest BCUT2D eigenvalue weighted by Gasteiger charge is -2.19. The van der Waals surface area contributed by atoms with Crippen LogP contribution in [0.3, 0.4) is 0 Å². The van der Waals surface area contributed by atoms with Crippen molar-refractivity contribution in [3.8, 4) is 5.75 Å². The molecule has 2 heterocycles. The Morgan fingerprint density at radius 2 is 2.00 bits per heavy atom. The summed E-state index contributed by atoms with van der Waals surface area (Å²) in [5, 5.41) is 0.941. The van der Waals surface area contributed by atoms with E-state index in [2.05, 4.69) is 0 Å². The number of esters is 1. The van der Waals surface area contributed by atoms with Crippen molar-refractivity contribution in [1.29, 1.82) is 0 Å². The van der Waals surface area contributed by atoms with Crippen LogP contribution < -0.4 is 10.4 Å². The van der Waals surface area contributed by atoms with Gasteiger partial charge in [0, 0.05) is 17.0 Å². The monoisotopic (exact) mass is 258 g/mol. The van der Waals surface area contributed by atoms with Crippen LogP contribution in [0, 0.1) is 6.92 Å². The van der Waals surface area contributed by atoms with Crippen LogP contribution in [0.25, 0.3) is 11.0 Å². The highest BCUT2D eigenvalue weighted by Gasteiger charge is 2.22. The fourth-order valence-corrected chi connectivity index (χ4v) is 2.59. The Balaban J connectivity index is 2.39. The van der Waals surface area contributed by atoms with Crippen molar-refractivity contribution in [3.63, 3.8) is 0 Å². The molecule has 2 aromatic rings. The molecule has 1 aliphatic rings. The zero-order chi connectivity index (χ0) is 13.6. The van der Waals surface area contributed by atoms with E-state index in [1.54, 1.807) is 0 Å². The maximum atomic E-state index is 11.6. The van der Waals surface area contributed by atoms with Gasteiger partial charge in [0.05, 0.1) is 6.42 Å². The quantitative estimate of drug-likeness (QED) is 0.448. The number of aryl methyl sites for hydroxylation is 3. The van der Waals surface area contributed by atoms with Gasteiger partial charge in [-0.1, -0.05) is 6.92 Å². The average Bonchev–Trinajstić information content (AvgIpc) is 2.40. The fraction of sp³-hybridized carbons (Fsp3) is 0.333. The maximum absolute atomic E-state index is 11.6. The largest absolute Gasteiger partial charge is 0.426 e. The van der Waals surface area contributed by atoms with E-state index in [1.165, 1.54) is 6.07 Å². The summed E-state index contributed by atoms with van der Waals surface area (Å²) in [6, 6.07) is 3.51. The molecule has 4 heteroatoms. The number of carbonyl (C=O) groups excluding carboxylic acids is 1. The molecule has 0 fully saturated rings. The van der Waals surface area contributed by atoms with Gasteiger partial charge >= 0.3 is 11.6 Å². The summed E-state index contributed by atoms with van der Waals surface area (Å²) >= 11 is 0. The maximum Gasteiger partial charge on any atom is 0.336 e. The molecular weight excluding hydrogens is 244 g/mol. The molecule has 0 atom stereocenters. The molecule has 4 nitrogen and oxygen atoms in total. The Morgan fingerprint density at radius 3 is 2.74 bits per heavy atom. The number of hydrogen-bond donors (Lipinski definition) is 0. The van der Waals surface area contributed by atoms with Crippen molar-refractivity contribution < 1.29 is 13.9 Å². The molecule has 0 saturated carbocycles. The summed E-state index contributed by atoms with van der Waals surface area (Å²) in [6.45, 7) is 3.82. The number of ether oxygens (including phenoxy) is 1. The molecule has 0 spiro atoms. The molecule has 3 rings (SSSR count). The summed E-state index contributed by atoms with van der Waals surface area (Å²) < 4.78 is 10.6. The van der Waals surface area contributed by atoms with E-state index < -0.39 is 0 Å². The van der Waals surface area contributed by atoms with E-state index in [1.807, 2.05) is 19.9 Å². The van der Waals surface area contributed by atoms with Crippen LogP contribution >= 0.6 is 0 Å². The Morgan fingerprint density at radius 1 is 1.21 bits per heavy atom. The van der Waals surface area contributed by atoms with E-state index in [0.717, 1.165) is 28.5 Å². The first-order valence-electron chi connectivity index (χ1n) is 6.40. The summed E-state index contributed by atoms with van der Waals surface area (Å²) in [5.74, 6) is 0.323. The van der Waals surface area contributed by atoms with Crippen molar-refractivity contribution in [2.75, 3.05) is 0 Å². The molecule has 1 aromatic carbocycles. The molecule has 0 amide bonds. The van der Waals surface area contributed by atoms with Gasteiger partial charge in [0.2, 0.25) is 0 Å². The van der Waals surface area contributed by atoms with Crippen LogP contribution in [0.5, 0.6) is 5.75 Å². The second kappa shape index (κ2) is 4.23. The second-order valence-electron chi connectivity index (χ2n) is 4.78. The lowest BCUT2D eigenvalue weighted by molar-refractivity contribution is -0.135. The van der Waals surface area contributed by atoms with Gasteiger partial charge < -0.3 is 9.15 Å². The Hall–Kier alpha value is -2.10. The van der Waals surface area contributed by atoms with Crippen molar-refractivity contribution in [3.05, 3.63) is 39.2 Å². The van der Waals surface area contributed by atoms with Crippen molar-refractivity contribution in [2.24, 2.45) is 0 Å². The van der Waals surface area contributed by atoms with Gasteiger partial charge in [-0.2, -0.15) is 0 Å². The topological polar surface area (TPSA) is 56.5 Å². The van der Waals surface area contributed by atoms with Crippen LogP contribution in [0.4, 0.5) is 0 Å². The minimum atomic E-state index is -0.366. The number of rotatable bonds is 1. The zero-order valence-electron chi connectivity index (χ0n) is 10.9. The highest BCUT2D eigenvalue weighted by molar-refractivity contribution is 5.88. The standard InChI is InChI=1S/C15H14O4/c1-3-9-7-13(17)19-15-8(2)14-10(6-11(9)15)4-5-12(16)18-14/h6-7H,3-5H2,1-2H3. The molecule has 98 valence electrons. The third-order valence-electron chi connectivity index (χ3n) is 3.57. The summed E-state index contributed by atoms with van der Waals surface area (Å²) in [5.41, 5.74) is 2.86. The third-order valence-corrected chi connectivity index (χ3v) is 3.57. The number of hydrogen-bond acceptors (Lipinski definition) is 4. The summed E-state index contributed by atoms with van der Waals surface area (Å²) in [4.78, 5) is 23.0. The average molecular weight is 258 g/mol. The Bertz CT molecular complexity index is 740. The molecule has 0 radical (unpaired) electrons. The van der Waals surface area contributed by atoms with Crippen molar-refractivity contribution in [1.82, 2.24) is 0 Å². The van der Waals surface area contributed by atoms with E-state index in [9.17, 15) is 9.59 Å². The molecule has 0 saturated heterocycles. The van der Waals surface area contributed by atoms with E-state index >= 15 is 0 Å². The number of carbonyl (C=O) groups is 1. The highest BCUT2D eigenvalue weighted by atomic mass is 16.5. The van der Waals surface area contributed by atoms with E-state index in [0.29, 0.717) is 24.2 Å². The van der Waals surface area contributed by atoms with Crippen LogP contribution in [0.15, 0.2) is 21.3 Å². The van der Waals surface area contributed by atoms with Crippen LogP contribution in [0.1, 0.15) is 30.0 Å². The molecule has 0 unspecified atom stereocenters. The first-order chi connectivity index (χ1) is 9.10. The molecule has 1 aromatic heterocycles. The first kappa shape index (κ1) is 12.0. The molecule has 19 heavy (non-hydrogen) atoms. The minimum absolute atomic E-state index is 0.232. The highest BCUT2D eigenvalue weighted by Crippen LogP contribution is 2.35. The fourth-order valence-electron chi connectivity index (χ4n) is 2.59. The van der Waals surface area contributed by atoms with Gasteiger partial charge in [0.25, 0.3) is 0 Å². The summed E-state index contributed by atoms with van der Waals surface area (Å²) in [7, 11) is 0. The smallest absolute Gasteiger partial charge is 0.336 e. The Labute approximate surface area is 110 Å². The van der Waals surface area contributed by atoms with Crippen LogP contribution in [-0.2, 0) is 17.6 Å². The van der Waals surface area contributed by atoms with Crippen molar-refractivity contribution in [2.45, 2.75) is 33.1 Å². The first-order valence-corrected chi connectivity index (χ1v) is 6.40. The predicted octanol–water partition coefficient (Wildman–Crippen LogP) is 2.52. The molecular formula is C15H14O4. The van der Waals surface area contributed by atoms with E-state index in [4.69, 9.17) is 9.15 Å². The molecule has 0 aliphatic carbocycles. The molecule has 1 aliphatic heterocycles. The van der Waals surface area contributed by atoms with Gasteiger partial charge in [-0.15, -0.1) is 0 Å². The third kappa shape index (κ3) is 1.84. The SMILES string of the molecule is CCc1cc(=O)oc2c(C)c3c(cc12)CCC(=O)O3. The van der Waals surface area contributed by atoms with Gasteiger partial charge in [-0.25, -0.2) is 4.79 Å². The predicted molar refractivity (Wildman–Crippen MR) is 70.6 cm³/mol. The summed E-state index contributed by atoms with van der Waals surface area (Å²) in [6.07, 6.45) is 1.84. The zero-order valence-corrected chi connectivity index (χ0v) is 10.9. The van der Waals surface area contributed by atoms with Gasteiger partial charge in [0.15, 0.2) is 0 Å². The number of fused-ring (bicyclic) bond motifs is 2. The molecule has 0 N–H and O–H groups in total.